The monoisotopic (exact) mass is 292 g/mol. The second-order valence-electron chi connectivity index (χ2n) is 4.24. The maximum absolute atomic E-state index is 12.5. The first-order valence-electron chi connectivity index (χ1n) is 5.93. The van der Waals surface area contributed by atoms with Crippen molar-refractivity contribution in [3.8, 4) is 5.75 Å². The number of hydrogen-bond acceptors (Lipinski definition) is 4. The van der Waals surface area contributed by atoms with E-state index >= 15 is 0 Å². The lowest BCUT2D eigenvalue weighted by atomic mass is 10.3. The fourth-order valence-corrected chi connectivity index (χ4v) is 3.02. The minimum Gasteiger partial charge on any atom is -0.497 e. The van der Waals surface area contributed by atoms with Crippen LogP contribution in [0.4, 0.5) is 11.4 Å². The predicted molar refractivity (Wildman–Crippen MR) is 79.4 cm³/mol. The molecular formula is C14H16N2O3S. The van der Waals surface area contributed by atoms with Crippen LogP contribution >= 0.6 is 0 Å². The molecular weight excluding hydrogens is 276 g/mol. The van der Waals surface area contributed by atoms with E-state index in [1.165, 1.54) is 23.5 Å². The molecule has 0 unspecified atom stereocenters. The number of sulfonamides is 1. The Balaban J connectivity index is 2.37. The maximum atomic E-state index is 12.5. The molecule has 2 aromatic rings. The summed E-state index contributed by atoms with van der Waals surface area (Å²) in [4.78, 5) is 0.163. The van der Waals surface area contributed by atoms with E-state index in [1.807, 2.05) is 0 Å². The number of nitrogens with two attached hydrogens (primary N) is 1. The fourth-order valence-electron chi connectivity index (χ4n) is 1.76. The van der Waals surface area contributed by atoms with Crippen molar-refractivity contribution >= 4 is 21.4 Å². The molecule has 0 aliphatic carbocycles. The summed E-state index contributed by atoms with van der Waals surface area (Å²) < 4.78 is 31.2. The van der Waals surface area contributed by atoms with E-state index in [-0.39, 0.29) is 4.90 Å². The van der Waals surface area contributed by atoms with Crippen LogP contribution in [-0.2, 0) is 10.0 Å². The minimum atomic E-state index is -3.62. The molecule has 0 radical (unpaired) electrons. The molecule has 6 heteroatoms. The Morgan fingerprint density at radius 2 is 1.75 bits per heavy atom. The van der Waals surface area contributed by atoms with E-state index in [1.54, 1.807) is 43.5 Å². The van der Waals surface area contributed by atoms with Gasteiger partial charge in [0, 0.05) is 12.7 Å². The lowest BCUT2D eigenvalue weighted by Gasteiger charge is -2.19. The van der Waals surface area contributed by atoms with Gasteiger partial charge in [0.15, 0.2) is 0 Å². The zero-order valence-corrected chi connectivity index (χ0v) is 12.1. The Labute approximate surface area is 118 Å². The van der Waals surface area contributed by atoms with Crippen LogP contribution in [0, 0.1) is 0 Å². The molecule has 0 saturated heterocycles. The Morgan fingerprint density at radius 1 is 1.10 bits per heavy atom. The van der Waals surface area contributed by atoms with Crippen molar-refractivity contribution in [1.82, 2.24) is 0 Å². The van der Waals surface area contributed by atoms with Crippen molar-refractivity contribution in [2.45, 2.75) is 4.90 Å². The fraction of sp³-hybridized carbons (Fsp3) is 0.143. The van der Waals surface area contributed by atoms with Crippen LogP contribution in [0.1, 0.15) is 0 Å². The number of anilines is 2. The van der Waals surface area contributed by atoms with Gasteiger partial charge in [0.25, 0.3) is 10.0 Å². The normalized spacial score (nSPS) is 11.1. The molecule has 0 atom stereocenters. The summed E-state index contributed by atoms with van der Waals surface area (Å²) in [6, 6.07) is 13.0. The topological polar surface area (TPSA) is 72.6 Å². The van der Waals surface area contributed by atoms with Gasteiger partial charge in [-0.3, -0.25) is 4.31 Å². The first-order valence-corrected chi connectivity index (χ1v) is 7.37. The molecule has 0 heterocycles. The largest absolute Gasteiger partial charge is 0.497 e. The van der Waals surface area contributed by atoms with Crippen LogP contribution in [0.5, 0.6) is 5.75 Å². The van der Waals surface area contributed by atoms with Gasteiger partial charge in [-0.25, -0.2) is 8.42 Å². The van der Waals surface area contributed by atoms with Crippen LogP contribution in [0.25, 0.3) is 0 Å². The Bertz CT molecular complexity index is 697. The molecule has 0 spiro atoms. The number of rotatable bonds is 4. The number of methoxy groups -OCH3 is 1. The summed E-state index contributed by atoms with van der Waals surface area (Å²) >= 11 is 0. The summed E-state index contributed by atoms with van der Waals surface area (Å²) in [7, 11) is -0.564. The van der Waals surface area contributed by atoms with E-state index in [2.05, 4.69) is 0 Å². The summed E-state index contributed by atoms with van der Waals surface area (Å²) in [5.41, 5.74) is 6.59. The van der Waals surface area contributed by atoms with E-state index in [0.717, 1.165) is 0 Å². The highest BCUT2D eigenvalue weighted by Gasteiger charge is 2.21. The molecule has 0 fully saturated rings. The van der Waals surface area contributed by atoms with Gasteiger partial charge in [-0.2, -0.15) is 0 Å². The van der Waals surface area contributed by atoms with Crippen molar-refractivity contribution in [2.24, 2.45) is 0 Å². The zero-order valence-electron chi connectivity index (χ0n) is 11.3. The van der Waals surface area contributed by atoms with Crippen molar-refractivity contribution in [3.05, 3.63) is 48.5 Å². The van der Waals surface area contributed by atoms with Gasteiger partial charge in [0.05, 0.1) is 17.7 Å². The highest BCUT2D eigenvalue weighted by molar-refractivity contribution is 7.92. The number of benzene rings is 2. The molecule has 106 valence electrons. The first-order chi connectivity index (χ1) is 9.45. The van der Waals surface area contributed by atoms with Gasteiger partial charge in [-0.1, -0.05) is 6.07 Å². The van der Waals surface area contributed by atoms with Gasteiger partial charge in [0.1, 0.15) is 5.75 Å². The smallest absolute Gasteiger partial charge is 0.264 e. The molecule has 0 aromatic heterocycles. The first kappa shape index (κ1) is 14.2. The Morgan fingerprint density at radius 3 is 2.30 bits per heavy atom. The molecule has 2 rings (SSSR count). The van der Waals surface area contributed by atoms with Gasteiger partial charge < -0.3 is 10.5 Å². The average Bonchev–Trinajstić information content (AvgIpc) is 2.46. The quantitative estimate of drug-likeness (QED) is 0.876. The van der Waals surface area contributed by atoms with E-state index in [4.69, 9.17) is 10.5 Å². The number of ether oxygens (including phenoxy) is 1. The summed E-state index contributed by atoms with van der Waals surface area (Å²) in [5.74, 6) is 0.670. The standard InChI is InChI=1S/C14H16N2O3S/c1-16(12-6-8-13(19-2)9-7-12)20(17,18)14-5-3-4-11(15)10-14/h3-10H,15H2,1-2H3. The average molecular weight is 292 g/mol. The van der Waals surface area contributed by atoms with Crippen LogP contribution < -0.4 is 14.8 Å². The third kappa shape index (κ3) is 2.70. The van der Waals surface area contributed by atoms with Gasteiger partial charge in [-0.05, 0) is 42.5 Å². The highest BCUT2D eigenvalue weighted by atomic mass is 32.2. The molecule has 0 amide bonds. The molecule has 2 aromatic carbocycles. The van der Waals surface area contributed by atoms with E-state index < -0.39 is 10.0 Å². The molecule has 0 aliphatic heterocycles. The third-order valence-electron chi connectivity index (χ3n) is 2.95. The second-order valence-corrected chi connectivity index (χ2v) is 6.21. The van der Waals surface area contributed by atoms with Gasteiger partial charge in [0.2, 0.25) is 0 Å². The Hall–Kier alpha value is -2.21. The SMILES string of the molecule is COc1ccc(N(C)S(=O)(=O)c2cccc(N)c2)cc1. The highest BCUT2D eigenvalue weighted by Crippen LogP contribution is 2.24. The molecule has 0 bridgehead atoms. The number of nitrogens with zero attached hydrogens (tertiary/aromatic N) is 1. The van der Waals surface area contributed by atoms with Gasteiger partial charge >= 0.3 is 0 Å². The van der Waals surface area contributed by atoms with Crippen molar-refractivity contribution < 1.29 is 13.2 Å². The summed E-state index contributed by atoms with van der Waals surface area (Å²) in [6.07, 6.45) is 0. The van der Waals surface area contributed by atoms with Crippen molar-refractivity contribution in [1.29, 1.82) is 0 Å². The van der Waals surface area contributed by atoms with Crippen LogP contribution in [0.3, 0.4) is 0 Å². The lowest BCUT2D eigenvalue weighted by Crippen LogP contribution is -2.26. The van der Waals surface area contributed by atoms with E-state index in [9.17, 15) is 8.42 Å². The third-order valence-corrected chi connectivity index (χ3v) is 4.73. The summed E-state index contributed by atoms with van der Waals surface area (Å²) in [6.45, 7) is 0. The molecule has 0 aliphatic rings. The molecule has 0 saturated carbocycles. The van der Waals surface area contributed by atoms with Crippen LogP contribution in [0.15, 0.2) is 53.4 Å². The number of nitrogen functional groups attached to an aromatic ring is 1. The van der Waals surface area contributed by atoms with Crippen molar-refractivity contribution in [2.75, 3.05) is 24.2 Å². The van der Waals surface area contributed by atoms with Crippen molar-refractivity contribution in [3.63, 3.8) is 0 Å². The molecule has 20 heavy (non-hydrogen) atoms. The minimum absolute atomic E-state index is 0.163. The maximum Gasteiger partial charge on any atom is 0.264 e. The Kier molecular flexibility index (Phi) is 3.85. The molecule has 2 N–H and O–H groups in total. The van der Waals surface area contributed by atoms with E-state index in [0.29, 0.717) is 17.1 Å². The second kappa shape index (κ2) is 5.42. The van der Waals surface area contributed by atoms with Crippen LogP contribution in [-0.4, -0.2) is 22.6 Å². The van der Waals surface area contributed by atoms with Crippen LogP contribution in [0.2, 0.25) is 0 Å². The number of hydrogen-bond donors (Lipinski definition) is 1. The predicted octanol–water partition coefficient (Wildman–Crippen LogP) is 2.10. The summed E-state index contributed by atoms with van der Waals surface area (Å²) in [5, 5.41) is 0. The molecule has 5 nitrogen and oxygen atoms in total. The van der Waals surface area contributed by atoms with Gasteiger partial charge in [-0.15, -0.1) is 0 Å². The lowest BCUT2D eigenvalue weighted by molar-refractivity contribution is 0.415. The zero-order chi connectivity index (χ0) is 14.8.